The lowest BCUT2D eigenvalue weighted by Crippen LogP contribution is -2.51. The Morgan fingerprint density at radius 2 is 1.58 bits per heavy atom. The Morgan fingerprint density at radius 1 is 0.836 bits per heavy atom. The number of hydrogen-bond donors (Lipinski definition) is 5. The smallest absolute Gasteiger partial charge is 0.173 e. The number of carbonyl (C=O) groups excluding carboxylic acids is 2. The van der Waals surface area contributed by atoms with Crippen molar-refractivity contribution in [3.63, 3.8) is 0 Å². The summed E-state index contributed by atoms with van der Waals surface area (Å²) in [4.78, 5) is 28.5. The number of carbonyl (C=O) groups is 2. The van der Waals surface area contributed by atoms with Crippen molar-refractivity contribution in [3.05, 3.63) is 0 Å². The summed E-state index contributed by atoms with van der Waals surface area (Å²) in [6.45, 7) is 3.16. The van der Waals surface area contributed by atoms with Crippen molar-refractivity contribution in [1.29, 1.82) is 0 Å². The molecule has 1 saturated heterocycles. The van der Waals surface area contributed by atoms with Crippen LogP contribution < -0.4 is 11.1 Å². The van der Waals surface area contributed by atoms with Gasteiger partial charge in [-0.05, 0) is 137 Å². The van der Waals surface area contributed by atoms with E-state index >= 15 is 0 Å². The number of hydrogen-bond acceptors (Lipinski definition) is 8. The lowest BCUT2D eigenvalue weighted by atomic mass is 9.57. The molecule has 4 saturated carbocycles. The van der Waals surface area contributed by atoms with Gasteiger partial charge in [0.1, 0.15) is 0 Å². The molecule has 0 amide bonds. The topological polar surface area (TPSA) is 142 Å². The molecule has 1 heterocycles. The first-order valence-corrected chi connectivity index (χ1v) is 23.3. The maximum atomic E-state index is 14.5. The van der Waals surface area contributed by atoms with Crippen LogP contribution in [0.1, 0.15) is 155 Å². The Morgan fingerprint density at radius 3 is 2.27 bits per heavy atom. The molecule has 5 aliphatic carbocycles. The monoisotopic (exact) mass is 767 g/mol. The zero-order chi connectivity index (χ0) is 38.9. The Kier molecular flexibility index (Phi) is 16.6. The highest BCUT2D eigenvalue weighted by atomic mass is 16.5. The molecular formula is C47H78N2O6. The second-order valence-corrected chi connectivity index (χ2v) is 19.6. The summed E-state index contributed by atoms with van der Waals surface area (Å²) >= 11 is 0. The van der Waals surface area contributed by atoms with Crippen LogP contribution in [0.3, 0.4) is 0 Å². The number of piperidine rings is 1. The van der Waals surface area contributed by atoms with Gasteiger partial charge in [-0.1, -0.05) is 83.0 Å². The molecule has 0 radical (unpaired) electrons. The largest absolute Gasteiger partial charge is 0.396 e. The van der Waals surface area contributed by atoms with E-state index in [0.717, 1.165) is 77.2 Å². The van der Waals surface area contributed by atoms with Crippen molar-refractivity contribution < 1.29 is 29.6 Å². The third-order valence-electron chi connectivity index (χ3n) is 16.1. The van der Waals surface area contributed by atoms with E-state index in [1.54, 1.807) is 7.11 Å². The van der Waals surface area contributed by atoms with Gasteiger partial charge >= 0.3 is 0 Å². The molecule has 8 heteroatoms. The van der Waals surface area contributed by atoms with Gasteiger partial charge in [0.25, 0.3) is 0 Å². The Bertz CT molecular complexity index is 1270. The number of Topliss-reactive ketones (excluding diaryl/α,β-unsaturated/α-hetero) is 2. The molecule has 0 bridgehead atoms. The van der Waals surface area contributed by atoms with Crippen molar-refractivity contribution >= 4 is 11.6 Å². The highest BCUT2D eigenvalue weighted by molar-refractivity contribution is 6.06. The lowest BCUT2D eigenvalue weighted by Gasteiger charge is -2.49. The van der Waals surface area contributed by atoms with E-state index in [0.29, 0.717) is 42.9 Å². The number of rotatable bonds is 11. The molecule has 55 heavy (non-hydrogen) atoms. The molecule has 0 aromatic rings. The van der Waals surface area contributed by atoms with Crippen molar-refractivity contribution in [2.75, 3.05) is 20.3 Å². The van der Waals surface area contributed by atoms with Gasteiger partial charge in [-0.25, -0.2) is 0 Å². The molecule has 8 nitrogen and oxygen atoms in total. The van der Waals surface area contributed by atoms with Crippen LogP contribution in [0.15, 0.2) is 0 Å². The summed E-state index contributed by atoms with van der Waals surface area (Å²) in [7, 11) is 1.71. The second-order valence-electron chi connectivity index (χ2n) is 19.6. The van der Waals surface area contributed by atoms with Gasteiger partial charge in [0.15, 0.2) is 17.7 Å². The summed E-state index contributed by atoms with van der Waals surface area (Å²) in [5.41, 5.74) is 6.39. The van der Waals surface area contributed by atoms with Gasteiger partial charge in [-0.3, -0.25) is 9.59 Å². The fourth-order valence-corrected chi connectivity index (χ4v) is 13.1. The molecule has 312 valence electrons. The Labute approximate surface area is 333 Å². The zero-order valence-electron chi connectivity index (χ0n) is 34.6. The van der Waals surface area contributed by atoms with Crippen molar-refractivity contribution in [3.8, 4) is 11.8 Å². The summed E-state index contributed by atoms with van der Waals surface area (Å²) < 4.78 is 6.01. The molecule has 14 unspecified atom stereocenters. The van der Waals surface area contributed by atoms with Crippen LogP contribution in [0.25, 0.3) is 0 Å². The predicted octanol–water partition coefficient (Wildman–Crippen LogP) is 7.20. The quantitative estimate of drug-likeness (QED) is 0.110. The van der Waals surface area contributed by atoms with E-state index in [2.05, 4.69) is 24.1 Å². The molecule has 6 rings (SSSR count). The Balaban J connectivity index is 1.41. The summed E-state index contributed by atoms with van der Waals surface area (Å²) in [6, 6.07) is 0. The van der Waals surface area contributed by atoms with Crippen molar-refractivity contribution in [2.24, 2.45) is 76.7 Å². The van der Waals surface area contributed by atoms with Crippen LogP contribution in [-0.2, 0) is 14.3 Å². The minimum absolute atomic E-state index is 0.000954. The third-order valence-corrected chi connectivity index (χ3v) is 16.1. The molecule has 0 spiro atoms. The number of ether oxygens (including phenoxy) is 1. The van der Waals surface area contributed by atoms with E-state index < -0.39 is 18.1 Å². The van der Waals surface area contributed by atoms with Crippen molar-refractivity contribution in [2.45, 2.75) is 179 Å². The average Bonchev–Trinajstić information content (AvgIpc) is 3.38. The van der Waals surface area contributed by atoms with Crippen LogP contribution in [0, 0.1) is 82.9 Å². The van der Waals surface area contributed by atoms with Gasteiger partial charge in [0.2, 0.25) is 0 Å². The fourth-order valence-electron chi connectivity index (χ4n) is 13.1. The molecule has 0 aromatic heterocycles. The highest BCUT2D eigenvalue weighted by Crippen LogP contribution is 2.51. The number of nitrogens with one attached hydrogen (secondary N) is 1. The van der Waals surface area contributed by atoms with Crippen LogP contribution >= 0.6 is 0 Å². The summed E-state index contributed by atoms with van der Waals surface area (Å²) in [6.07, 6.45) is 20.6. The maximum Gasteiger partial charge on any atom is 0.173 e. The number of nitrogens with two attached hydrogens (primary N) is 1. The first-order valence-electron chi connectivity index (χ1n) is 23.3. The normalized spacial score (nSPS) is 40.7. The van der Waals surface area contributed by atoms with Crippen molar-refractivity contribution in [1.82, 2.24) is 5.32 Å². The summed E-state index contributed by atoms with van der Waals surface area (Å²) in [5, 5.41) is 37.8. The number of aliphatic hydroxyl groups is 3. The number of methoxy groups -OCH3 is 1. The van der Waals surface area contributed by atoms with E-state index in [9.17, 15) is 24.9 Å². The van der Waals surface area contributed by atoms with E-state index in [1.807, 2.05) is 0 Å². The second kappa shape index (κ2) is 21.1. The SMILES string of the molecule is CCCC(CO)C1CC(CC2CCNC(N)C2)CC2C#CC(C3CCCCC3)C3C(CCC(=O)C(O)C(=O)C2C1)CC(OC)C(O)C3CCC1CCCCC1. The molecule has 14 atom stereocenters. The average molecular weight is 767 g/mol. The van der Waals surface area contributed by atoms with Gasteiger partial charge in [-0.15, -0.1) is 0 Å². The van der Waals surface area contributed by atoms with Crippen LogP contribution in [0.5, 0.6) is 0 Å². The van der Waals surface area contributed by atoms with Gasteiger partial charge < -0.3 is 31.1 Å². The minimum atomic E-state index is -1.64. The maximum absolute atomic E-state index is 14.5. The number of aliphatic hydroxyl groups excluding tert-OH is 3. The molecule has 1 aliphatic heterocycles. The zero-order valence-corrected chi connectivity index (χ0v) is 34.6. The molecule has 0 aromatic carbocycles. The van der Waals surface area contributed by atoms with Gasteiger partial charge in [-0.2, -0.15) is 0 Å². The van der Waals surface area contributed by atoms with Crippen LogP contribution in [0.4, 0.5) is 0 Å². The third kappa shape index (κ3) is 11.0. The van der Waals surface area contributed by atoms with E-state index in [4.69, 9.17) is 10.5 Å². The minimum Gasteiger partial charge on any atom is -0.396 e. The molecule has 6 aliphatic rings. The molecular weight excluding hydrogens is 689 g/mol. The van der Waals surface area contributed by atoms with Gasteiger partial charge in [0.05, 0.1) is 18.4 Å². The predicted molar refractivity (Wildman–Crippen MR) is 217 cm³/mol. The first-order chi connectivity index (χ1) is 26.7. The van der Waals surface area contributed by atoms with Crippen LogP contribution in [0.2, 0.25) is 0 Å². The fraction of sp³-hybridized carbons (Fsp3) is 0.915. The Hall–Kier alpha value is -1.34. The number of ketones is 2. The van der Waals surface area contributed by atoms with E-state index in [1.165, 1.54) is 51.4 Å². The lowest BCUT2D eigenvalue weighted by molar-refractivity contribution is -0.143. The van der Waals surface area contributed by atoms with E-state index in [-0.39, 0.29) is 78.3 Å². The molecule has 6 N–H and O–H groups in total. The molecule has 5 fully saturated rings. The van der Waals surface area contributed by atoms with Gasteiger partial charge in [0, 0.05) is 37.9 Å². The standard InChI is InChI=1S/C47H78N2O6/c1-3-10-36(29-50)37-25-32(23-31-21-22-49-43(48)26-31)24-34-16-19-38(33-13-8-5-9-14-33)44-35(17-20-41(51)47(54)46(53)40(34)27-37)28-42(55-2)45(52)39(44)18-15-30-11-6-4-7-12-30/h30-40,42-45,47,49-50,52,54H,3-15,17-18,20-29,48H2,1-2H3. The summed E-state index contributed by atoms with van der Waals surface area (Å²) in [5.74, 6) is 8.96. The number of fused-ring (bicyclic) bond motifs is 2. The highest BCUT2D eigenvalue weighted by Gasteiger charge is 2.50. The first kappa shape index (κ1) is 43.2. The van der Waals surface area contributed by atoms with Crippen LogP contribution in [-0.4, -0.2) is 71.6 Å².